The summed E-state index contributed by atoms with van der Waals surface area (Å²) in [5, 5.41) is 20.6. The van der Waals surface area contributed by atoms with Crippen molar-refractivity contribution in [1.82, 2.24) is 0 Å². The number of carbonyl (C=O) groups is 1. The molecule has 6 atom stereocenters. The summed E-state index contributed by atoms with van der Waals surface area (Å²) in [5.41, 5.74) is 0.941. The molecule has 0 amide bonds. The maximum atomic E-state index is 11.7. The van der Waals surface area contributed by atoms with Gasteiger partial charge in [0.15, 0.2) is 0 Å². The number of carbonyl (C=O) groups excluding carboxylic acids is 1. The predicted molar refractivity (Wildman–Crippen MR) is 101 cm³/mol. The van der Waals surface area contributed by atoms with Crippen LogP contribution >= 0.6 is 22.6 Å². The third kappa shape index (κ3) is 2.94. The number of hydrogen-bond donors (Lipinski definition) is 2. The molecule has 1 aliphatic heterocycles. The Labute approximate surface area is 158 Å². The maximum Gasteiger partial charge on any atom is 0.334 e. The molecule has 2 aliphatic carbocycles. The van der Waals surface area contributed by atoms with E-state index in [9.17, 15) is 15.0 Å². The Morgan fingerprint density at radius 2 is 2.12 bits per heavy atom. The molecule has 0 aromatic rings. The number of hydrogen-bond acceptors (Lipinski definition) is 4. The van der Waals surface area contributed by atoms with Crippen LogP contribution in [0.5, 0.6) is 0 Å². The number of ether oxygens (including phenoxy) is 1. The molecule has 0 saturated heterocycles. The van der Waals surface area contributed by atoms with Crippen molar-refractivity contribution in [2.24, 2.45) is 23.2 Å². The van der Waals surface area contributed by atoms with Gasteiger partial charge in [0.2, 0.25) is 0 Å². The summed E-state index contributed by atoms with van der Waals surface area (Å²) in [5.74, 6) is 1.29. The number of halogens is 1. The number of esters is 1. The van der Waals surface area contributed by atoms with Gasteiger partial charge >= 0.3 is 5.97 Å². The van der Waals surface area contributed by atoms with Crippen LogP contribution in [0, 0.1) is 23.2 Å². The van der Waals surface area contributed by atoms with Gasteiger partial charge in [-0.15, -0.1) is 0 Å². The number of aliphatic hydroxyl groups is 2. The zero-order valence-electron chi connectivity index (χ0n) is 14.6. The van der Waals surface area contributed by atoms with Crippen LogP contribution in [-0.2, 0) is 9.53 Å². The minimum absolute atomic E-state index is 0.0353. The van der Waals surface area contributed by atoms with Crippen LogP contribution in [0.25, 0.3) is 0 Å². The molecule has 2 saturated carbocycles. The second kappa shape index (κ2) is 6.88. The average Bonchev–Trinajstić information content (AvgIpc) is 2.96. The molecular weight excluding hydrogens is 419 g/mol. The van der Waals surface area contributed by atoms with Crippen molar-refractivity contribution in [3.8, 4) is 0 Å². The van der Waals surface area contributed by atoms with E-state index in [-0.39, 0.29) is 18.0 Å². The lowest BCUT2D eigenvalue weighted by Crippen LogP contribution is -2.60. The Morgan fingerprint density at radius 3 is 2.75 bits per heavy atom. The molecule has 136 valence electrons. The van der Waals surface area contributed by atoms with Crippen LogP contribution in [0.2, 0.25) is 0 Å². The van der Waals surface area contributed by atoms with Gasteiger partial charge in [-0.3, -0.25) is 0 Å². The first kappa shape index (κ1) is 18.6. The molecule has 3 aliphatic rings. The fourth-order valence-corrected chi connectivity index (χ4v) is 7.01. The average molecular weight is 448 g/mol. The van der Waals surface area contributed by atoms with E-state index in [0.29, 0.717) is 24.4 Å². The molecule has 0 aromatic heterocycles. The molecule has 5 heteroatoms. The van der Waals surface area contributed by atoms with E-state index >= 15 is 0 Å². The molecule has 24 heavy (non-hydrogen) atoms. The molecule has 0 bridgehead atoms. The highest BCUT2D eigenvalue weighted by Crippen LogP contribution is 2.61. The first-order valence-corrected chi connectivity index (χ1v) is 10.2. The molecule has 0 aromatic carbocycles. The highest BCUT2D eigenvalue weighted by Gasteiger charge is 2.59. The van der Waals surface area contributed by atoms with E-state index in [2.05, 4.69) is 36.4 Å². The third-order valence-corrected chi connectivity index (χ3v) is 8.92. The van der Waals surface area contributed by atoms with Crippen LogP contribution in [-0.4, -0.2) is 38.9 Å². The lowest BCUT2D eigenvalue weighted by Gasteiger charge is -2.60. The second-order valence-electron chi connectivity index (χ2n) is 8.23. The Bertz CT molecular complexity index is 533. The van der Waals surface area contributed by atoms with E-state index in [1.165, 1.54) is 0 Å². The first-order chi connectivity index (χ1) is 11.3. The number of cyclic esters (lactones) is 1. The molecule has 2 unspecified atom stereocenters. The number of aliphatic hydroxyl groups excluding tert-OH is 2. The van der Waals surface area contributed by atoms with E-state index in [0.717, 1.165) is 44.1 Å². The minimum Gasteiger partial charge on any atom is -0.458 e. The zero-order valence-corrected chi connectivity index (χ0v) is 16.8. The zero-order chi connectivity index (χ0) is 17.5. The number of rotatable bonds is 4. The Balaban J connectivity index is 1.81. The van der Waals surface area contributed by atoms with Gasteiger partial charge in [-0.05, 0) is 61.3 Å². The Kier molecular flexibility index (Phi) is 5.34. The van der Waals surface area contributed by atoms with Crippen molar-refractivity contribution >= 4 is 28.6 Å². The molecular formula is C19H29IO4. The van der Waals surface area contributed by atoms with E-state index in [1.54, 1.807) is 0 Å². The van der Waals surface area contributed by atoms with Crippen molar-refractivity contribution in [2.75, 3.05) is 13.2 Å². The quantitative estimate of drug-likeness (QED) is 0.394. The fourth-order valence-electron chi connectivity index (χ4n) is 5.68. The van der Waals surface area contributed by atoms with Crippen molar-refractivity contribution < 1.29 is 19.7 Å². The largest absolute Gasteiger partial charge is 0.458 e. The normalized spacial score (nSPS) is 45.5. The van der Waals surface area contributed by atoms with Crippen molar-refractivity contribution in [3.05, 3.63) is 11.6 Å². The highest BCUT2D eigenvalue weighted by atomic mass is 127. The van der Waals surface area contributed by atoms with E-state index in [4.69, 9.17) is 4.74 Å². The summed E-state index contributed by atoms with van der Waals surface area (Å²) in [6.07, 6.45) is 7.21. The second-order valence-corrected chi connectivity index (χ2v) is 10.2. The first-order valence-electron chi connectivity index (χ1n) is 9.17. The van der Waals surface area contributed by atoms with Gasteiger partial charge in [-0.25, -0.2) is 4.79 Å². The molecule has 3 rings (SSSR count). The van der Waals surface area contributed by atoms with Crippen molar-refractivity contribution in [3.63, 3.8) is 0 Å². The van der Waals surface area contributed by atoms with Crippen LogP contribution in [0.1, 0.15) is 52.4 Å². The van der Waals surface area contributed by atoms with Crippen LogP contribution < -0.4 is 0 Å². The maximum absolute atomic E-state index is 11.7. The highest BCUT2D eigenvalue weighted by molar-refractivity contribution is 14.1. The van der Waals surface area contributed by atoms with Gasteiger partial charge in [-0.1, -0.05) is 42.9 Å². The van der Waals surface area contributed by atoms with Crippen molar-refractivity contribution in [2.45, 2.75) is 61.9 Å². The Hall–Kier alpha value is -0.140. The molecule has 4 nitrogen and oxygen atoms in total. The Morgan fingerprint density at radius 1 is 1.38 bits per heavy atom. The fraction of sp³-hybridized carbons (Fsp3) is 0.842. The smallest absolute Gasteiger partial charge is 0.334 e. The predicted octanol–water partition coefficient (Wildman–Crippen LogP) is 3.24. The molecule has 1 heterocycles. The summed E-state index contributed by atoms with van der Waals surface area (Å²) in [7, 11) is 0. The number of alkyl halides is 1. The van der Waals surface area contributed by atoms with Crippen LogP contribution in [0.3, 0.4) is 0 Å². The summed E-state index contributed by atoms with van der Waals surface area (Å²) >= 11 is 2.33. The van der Waals surface area contributed by atoms with Gasteiger partial charge < -0.3 is 14.9 Å². The standard InChI is InChI=1S/C19H29IO4/c1-12-3-6-15-18(2,9-7-16(22)19(15,20)11-21)14(12)5-4-13-8-10-24-17(13)23/h8,12,14-16,21-22H,3-7,9-11H2,1-2H3/t12?,14-,15+,16?,18+,19-/m1/s1. The van der Waals surface area contributed by atoms with Gasteiger partial charge in [0.05, 0.1) is 16.1 Å². The summed E-state index contributed by atoms with van der Waals surface area (Å²) in [6, 6.07) is 0. The third-order valence-electron chi connectivity index (χ3n) is 7.10. The topological polar surface area (TPSA) is 66.8 Å². The van der Waals surface area contributed by atoms with Gasteiger partial charge in [0, 0.05) is 5.57 Å². The summed E-state index contributed by atoms with van der Waals surface area (Å²) < 4.78 is 4.59. The lowest BCUT2D eigenvalue weighted by atomic mass is 9.49. The molecule has 2 N–H and O–H groups in total. The van der Waals surface area contributed by atoms with Crippen LogP contribution in [0.15, 0.2) is 11.6 Å². The number of fused-ring (bicyclic) bond motifs is 1. The summed E-state index contributed by atoms with van der Waals surface area (Å²) in [4.78, 5) is 11.7. The monoisotopic (exact) mass is 448 g/mol. The van der Waals surface area contributed by atoms with Gasteiger partial charge in [0.25, 0.3) is 0 Å². The molecule has 0 radical (unpaired) electrons. The molecule has 2 fully saturated rings. The van der Waals surface area contributed by atoms with Crippen LogP contribution in [0.4, 0.5) is 0 Å². The lowest BCUT2D eigenvalue weighted by molar-refractivity contribution is -0.136. The van der Waals surface area contributed by atoms with Gasteiger partial charge in [0.1, 0.15) is 6.61 Å². The minimum atomic E-state index is -0.436. The van der Waals surface area contributed by atoms with E-state index in [1.807, 2.05) is 6.08 Å². The molecule has 0 spiro atoms. The SMILES string of the molecule is CC1CC[C@H]2[C@@](C)(CCC(O)[C@@]2(I)CO)[C@@H]1CCC1=CCOC1=O. The summed E-state index contributed by atoms with van der Waals surface area (Å²) in [6.45, 7) is 5.13. The van der Waals surface area contributed by atoms with E-state index < -0.39 is 9.53 Å². The van der Waals surface area contributed by atoms with Crippen molar-refractivity contribution in [1.29, 1.82) is 0 Å². The van der Waals surface area contributed by atoms with Gasteiger partial charge in [-0.2, -0.15) is 0 Å².